The predicted molar refractivity (Wildman–Crippen MR) is 54.2 cm³/mol. The number of nitrogens with zero attached hydrogens (tertiary/aromatic N) is 1. The van der Waals surface area contributed by atoms with E-state index in [9.17, 15) is 4.79 Å². The molecule has 0 saturated heterocycles. The van der Waals surface area contributed by atoms with Crippen LogP contribution in [0.25, 0.3) is 0 Å². The van der Waals surface area contributed by atoms with Crippen LogP contribution in [0.1, 0.15) is 6.92 Å². The lowest BCUT2D eigenvalue weighted by atomic mass is 9.99. The summed E-state index contributed by atoms with van der Waals surface area (Å²) >= 11 is 0. The SMILES string of the molecule is CCOC1=CC(=O)C=C2C=CCN=C21. The Labute approximate surface area is 82.5 Å². The number of carbonyl (C=O) groups excluding carboxylic acids is 1. The van der Waals surface area contributed by atoms with Gasteiger partial charge in [-0.05, 0) is 13.0 Å². The van der Waals surface area contributed by atoms with Gasteiger partial charge in [-0.1, -0.05) is 12.2 Å². The summed E-state index contributed by atoms with van der Waals surface area (Å²) in [6.45, 7) is 3.10. The van der Waals surface area contributed by atoms with Gasteiger partial charge in [-0.3, -0.25) is 9.79 Å². The van der Waals surface area contributed by atoms with Crippen LogP contribution in [0.2, 0.25) is 0 Å². The van der Waals surface area contributed by atoms with Gasteiger partial charge in [-0.15, -0.1) is 0 Å². The van der Waals surface area contributed by atoms with Gasteiger partial charge in [0.05, 0.1) is 13.2 Å². The van der Waals surface area contributed by atoms with Crippen molar-refractivity contribution >= 4 is 11.5 Å². The highest BCUT2D eigenvalue weighted by atomic mass is 16.5. The van der Waals surface area contributed by atoms with Gasteiger partial charge in [0.15, 0.2) is 5.78 Å². The van der Waals surface area contributed by atoms with Gasteiger partial charge in [-0.2, -0.15) is 0 Å². The van der Waals surface area contributed by atoms with E-state index in [1.165, 1.54) is 6.08 Å². The van der Waals surface area contributed by atoms with Crippen molar-refractivity contribution in [1.82, 2.24) is 0 Å². The van der Waals surface area contributed by atoms with Crippen molar-refractivity contribution in [1.29, 1.82) is 0 Å². The summed E-state index contributed by atoms with van der Waals surface area (Å²) in [5, 5.41) is 0. The van der Waals surface area contributed by atoms with Gasteiger partial charge >= 0.3 is 0 Å². The molecular weight excluding hydrogens is 178 g/mol. The number of dihydropyridines is 1. The lowest BCUT2D eigenvalue weighted by molar-refractivity contribution is -0.110. The van der Waals surface area contributed by atoms with E-state index in [2.05, 4.69) is 4.99 Å². The number of aliphatic imine (C=N–C) groups is 1. The molecule has 0 saturated carbocycles. The minimum Gasteiger partial charge on any atom is -0.491 e. The molecule has 72 valence electrons. The van der Waals surface area contributed by atoms with Gasteiger partial charge in [0.25, 0.3) is 0 Å². The summed E-state index contributed by atoms with van der Waals surface area (Å²) in [5.41, 5.74) is 1.65. The second-order valence-electron chi connectivity index (χ2n) is 3.04. The molecule has 2 rings (SSSR count). The molecule has 0 amide bonds. The maximum atomic E-state index is 11.3. The van der Waals surface area contributed by atoms with Crippen molar-refractivity contribution < 1.29 is 9.53 Å². The van der Waals surface area contributed by atoms with Crippen LogP contribution >= 0.6 is 0 Å². The first-order chi connectivity index (χ1) is 6.81. The predicted octanol–water partition coefficient (Wildman–Crippen LogP) is 1.43. The number of fused-ring (bicyclic) bond motifs is 1. The third kappa shape index (κ3) is 1.53. The zero-order valence-corrected chi connectivity index (χ0v) is 7.99. The Kier molecular flexibility index (Phi) is 2.31. The van der Waals surface area contributed by atoms with Crippen molar-refractivity contribution in [2.24, 2.45) is 4.99 Å². The molecule has 0 aromatic heterocycles. The van der Waals surface area contributed by atoms with E-state index in [1.54, 1.807) is 6.08 Å². The van der Waals surface area contributed by atoms with E-state index in [-0.39, 0.29) is 5.78 Å². The molecule has 0 aromatic carbocycles. The van der Waals surface area contributed by atoms with E-state index < -0.39 is 0 Å². The van der Waals surface area contributed by atoms with Crippen molar-refractivity contribution in [2.45, 2.75) is 6.92 Å². The molecular formula is C11H11NO2. The number of ketones is 1. The first kappa shape index (κ1) is 8.94. The molecule has 0 bridgehead atoms. The molecule has 0 aromatic rings. The molecule has 0 radical (unpaired) electrons. The van der Waals surface area contributed by atoms with Crippen LogP contribution in [-0.4, -0.2) is 24.6 Å². The first-order valence-electron chi connectivity index (χ1n) is 4.63. The Bertz CT molecular complexity index is 386. The fourth-order valence-corrected chi connectivity index (χ4v) is 1.49. The fraction of sp³-hybridized carbons (Fsp3) is 0.273. The lowest BCUT2D eigenvalue weighted by Gasteiger charge is -2.17. The van der Waals surface area contributed by atoms with Gasteiger partial charge in [-0.25, -0.2) is 0 Å². The maximum absolute atomic E-state index is 11.3. The van der Waals surface area contributed by atoms with Crippen LogP contribution in [0.3, 0.4) is 0 Å². The number of hydrogen-bond acceptors (Lipinski definition) is 3. The van der Waals surface area contributed by atoms with E-state index in [0.29, 0.717) is 18.9 Å². The van der Waals surface area contributed by atoms with Crippen molar-refractivity contribution in [3.8, 4) is 0 Å². The Morgan fingerprint density at radius 1 is 1.50 bits per heavy atom. The quantitative estimate of drug-likeness (QED) is 0.616. The number of allylic oxidation sites excluding steroid dienone is 4. The lowest BCUT2D eigenvalue weighted by Crippen LogP contribution is -2.18. The summed E-state index contributed by atoms with van der Waals surface area (Å²) in [5.74, 6) is 0.563. The molecule has 14 heavy (non-hydrogen) atoms. The topological polar surface area (TPSA) is 38.7 Å². The van der Waals surface area contributed by atoms with E-state index in [1.807, 2.05) is 19.1 Å². The number of rotatable bonds is 2. The highest BCUT2D eigenvalue weighted by Gasteiger charge is 2.20. The monoisotopic (exact) mass is 189 g/mol. The highest BCUT2D eigenvalue weighted by molar-refractivity contribution is 6.23. The molecule has 1 aliphatic carbocycles. The summed E-state index contributed by atoms with van der Waals surface area (Å²) in [6, 6.07) is 0. The van der Waals surface area contributed by atoms with Crippen molar-refractivity contribution in [2.75, 3.05) is 13.2 Å². The fourth-order valence-electron chi connectivity index (χ4n) is 1.49. The van der Waals surface area contributed by atoms with Crippen molar-refractivity contribution in [3.05, 3.63) is 35.6 Å². The molecule has 0 fully saturated rings. The van der Waals surface area contributed by atoms with Crippen LogP contribution in [0, 0.1) is 0 Å². The number of carbonyl (C=O) groups is 1. The second-order valence-corrected chi connectivity index (χ2v) is 3.04. The Morgan fingerprint density at radius 3 is 3.14 bits per heavy atom. The minimum atomic E-state index is -0.0334. The Balaban J connectivity index is 2.35. The highest BCUT2D eigenvalue weighted by Crippen LogP contribution is 2.19. The smallest absolute Gasteiger partial charge is 0.183 e. The van der Waals surface area contributed by atoms with Crippen LogP contribution < -0.4 is 0 Å². The van der Waals surface area contributed by atoms with Gasteiger partial charge in [0, 0.05) is 11.6 Å². The maximum Gasteiger partial charge on any atom is 0.183 e. The second kappa shape index (κ2) is 3.62. The Morgan fingerprint density at radius 2 is 2.36 bits per heavy atom. The zero-order valence-electron chi connectivity index (χ0n) is 7.99. The number of ether oxygens (including phenoxy) is 1. The van der Waals surface area contributed by atoms with Crippen LogP contribution in [0.15, 0.2) is 40.6 Å². The van der Waals surface area contributed by atoms with Crippen LogP contribution in [0.5, 0.6) is 0 Å². The largest absolute Gasteiger partial charge is 0.491 e. The molecule has 3 nitrogen and oxygen atoms in total. The van der Waals surface area contributed by atoms with Gasteiger partial charge in [0.2, 0.25) is 0 Å². The average molecular weight is 189 g/mol. The summed E-state index contributed by atoms with van der Waals surface area (Å²) in [7, 11) is 0. The van der Waals surface area contributed by atoms with E-state index in [4.69, 9.17) is 4.74 Å². The van der Waals surface area contributed by atoms with Crippen LogP contribution in [-0.2, 0) is 9.53 Å². The molecule has 1 aliphatic heterocycles. The average Bonchev–Trinajstić information content (AvgIpc) is 2.18. The van der Waals surface area contributed by atoms with Crippen LogP contribution in [0.4, 0.5) is 0 Å². The Hall–Kier alpha value is -1.64. The third-order valence-electron chi connectivity index (χ3n) is 2.03. The zero-order chi connectivity index (χ0) is 9.97. The molecule has 0 N–H and O–H groups in total. The third-order valence-corrected chi connectivity index (χ3v) is 2.03. The van der Waals surface area contributed by atoms with E-state index >= 15 is 0 Å². The summed E-state index contributed by atoms with van der Waals surface area (Å²) in [6.07, 6.45) is 6.91. The van der Waals surface area contributed by atoms with Gasteiger partial charge in [0.1, 0.15) is 11.5 Å². The molecule has 0 spiro atoms. The molecule has 1 heterocycles. The molecule has 0 unspecified atom stereocenters. The summed E-state index contributed by atoms with van der Waals surface area (Å²) < 4.78 is 5.36. The molecule has 2 aliphatic rings. The summed E-state index contributed by atoms with van der Waals surface area (Å²) in [4.78, 5) is 15.6. The molecule has 3 heteroatoms. The minimum absolute atomic E-state index is 0.0334. The van der Waals surface area contributed by atoms with E-state index in [0.717, 1.165) is 11.3 Å². The standard InChI is InChI=1S/C11H11NO2/c1-2-14-10-7-9(13)6-8-4-3-5-12-11(8)10/h3-4,6-7H,2,5H2,1H3. The van der Waals surface area contributed by atoms with Crippen molar-refractivity contribution in [3.63, 3.8) is 0 Å². The number of hydrogen-bond donors (Lipinski definition) is 0. The first-order valence-corrected chi connectivity index (χ1v) is 4.63. The van der Waals surface area contributed by atoms with Gasteiger partial charge < -0.3 is 4.74 Å². The molecule has 0 atom stereocenters. The normalized spacial score (nSPS) is 19.5.